The van der Waals surface area contributed by atoms with Gasteiger partial charge in [-0.2, -0.15) is 0 Å². The maximum absolute atomic E-state index is 14.1. The number of unbranched alkanes of at least 4 members (excludes halogenated alkanes) is 3. The number of amides is 1. The molecule has 1 amide bonds. The van der Waals surface area contributed by atoms with E-state index in [-0.39, 0.29) is 44.4 Å². The predicted molar refractivity (Wildman–Crippen MR) is 148 cm³/mol. The third-order valence-corrected chi connectivity index (χ3v) is 8.02. The number of ether oxygens (including phenoxy) is 1. The molecule has 0 aliphatic heterocycles. The zero-order chi connectivity index (χ0) is 28.3. The molecule has 9 nitrogen and oxygen atoms in total. The van der Waals surface area contributed by atoms with Gasteiger partial charge in [0.1, 0.15) is 5.78 Å². The number of carboxylic acid groups (broad SMARTS) is 1. The summed E-state index contributed by atoms with van der Waals surface area (Å²) in [6.45, 7) is 2.39. The van der Waals surface area contributed by atoms with Gasteiger partial charge in [-0.15, -0.1) is 0 Å². The number of hydrogen-bond donors (Lipinski definition) is 2. The highest BCUT2D eigenvalue weighted by atomic mass is 31.2. The summed E-state index contributed by atoms with van der Waals surface area (Å²) in [6, 6.07) is 18.2. The SMILES string of the molecule is CCCCOC(=O)CCCCCC(=O)N[C@@H](CCC(=O)O)P(=O)(OCc1ccccc1)OCc1ccccc1. The lowest BCUT2D eigenvalue weighted by molar-refractivity contribution is -0.144. The lowest BCUT2D eigenvalue weighted by atomic mass is 10.1. The Morgan fingerprint density at radius 3 is 1.92 bits per heavy atom. The highest BCUT2D eigenvalue weighted by molar-refractivity contribution is 7.54. The molecule has 0 aliphatic rings. The maximum atomic E-state index is 14.1. The minimum Gasteiger partial charge on any atom is -0.481 e. The first-order valence-corrected chi connectivity index (χ1v) is 15.1. The Bertz CT molecular complexity index is 1000. The lowest BCUT2D eigenvalue weighted by Crippen LogP contribution is -2.36. The summed E-state index contributed by atoms with van der Waals surface area (Å²) >= 11 is 0. The molecule has 0 saturated heterocycles. The van der Waals surface area contributed by atoms with Gasteiger partial charge < -0.3 is 24.2 Å². The molecule has 2 N–H and O–H groups in total. The number of benzene rings is 2. The number of carboxylic acids is 1. The van der Waals surface area contributed by atoms with Gasteiger partial charge >= 0.3 is 19.5 Å². The molecule has 2 aromatic rings. The van der Waals surface area contributed by atoms with Gasteiger partial charge in [0.15, 0.2) is 0 Å². The molecule has 0 aliphatic carbocycles. The second-order valence-corrected chi connectivity index (χ2v) is 11.4. The molecular formula is C29H40NO8P. The van der Waals surface area contributed by atoms with Crippen molar-refractivity contribution >= 4 is 25.4 Å². The van der Waals surface area contributed by atoms with Gasteiger partial charge in [0.2, 0.25) is 5.91 Å². The van der Waals surface area contributed by atoms with E-state index in [1.165, 1.54) is 0 Å². The van der Waals surface area contributed by atoms with Crippen molar-refractivity contribution in [3.8, 4) is 0 Å². The zero-order valence-corrected chi connectivity index (χ0v) is 23.5. The Morgan fingerprint density at radius 1 is 0.821 bits per heavy atom. The van der Waals surface area contributed by atoms with E-state index in [1.54, 1.807) is 0 Å². The van der Waals surface area contributed by atoms with Crippen LogP contribution < -0.4 is 5.32 Å². The van der Waals surface area contributed by atoms with Gasteiger partial charge in [-0.1, -0.05) is 80.4 Å². The number of hydrogen-bond acceptors (Lipinski definition) is 7. The van der Waals surface area contributed by atoms with Crippen LogP contribution in [0, 0.1) is 0 Å². The molecule has 1 atom stereocenters. The summed E-state index contributed by atoms with van der Waals surface area (Å²) in [7, 11) is -4.00. The number of esters is 1. The third-order valence-electron chi connectivity index (χ3n) is 5.89. The summed E-state index contributed by atoms with van der Waals surface area (Å²) in [6.07, 6.45) is 3.53. The summed E-state index contributed by atoms with van der Waals surface area (Å²) in [5, 5.41) is 12.0. The number of aliphatic carboxylic acids is 1. The molecule has 2 aromatic carbocycles. The zero-order valence-electron chi connectivity index (χ0n) is 22.6. The van der Waals surface area contributed by atoms with Crippen molar-refractivity contribution in [1.82, 2.24) is 5.32 Å². The predicted octanol–water partition coefficient (Wildman–Crippen LogP) is 6.21. The average molecular weight is 562 g/mol. The van der Waals surface area contributed by atoms with E-state index in [1.807, 2.05) is 67.6 Å². The summed E-state index contributed by atoms with van der Waals surface area (Å²) in [5.41, 5.74) is 1.52. The van der Waals surface area contributed by atoms with Crippen LogP contribution in [0.2, 0.25) is 0 Å². The molecule has 39 heavy (non-hydrogen) atoms. The minimum atomic E-state index is -4.00. The molecule has 214 valence electrons. The first-order chi connectivity index (χ1) is 18.8. The number of carbonyl (C=O) groups excluding carboxylic acids is 2. The minimum absolute atomic E-state index is 0.0271. The van der Waals surface area contributed by atoms with Crippen molar-refractivity contribution in [2.24, 2.45) is 0 Å². The Labute approximate surface area is 230 Å². The lowest BCUT2D eigenvalue weighted by Gasteiger charge is -2.27. The molecule has 0 bridgehead atoms. The van der Waals surface area contributed by atoms with Crippen LogP contribution in [0.25, 0.3) is 0 Å². The van der Waals surface area contributed by atoms with Crippen LogP contribution >= 0.6 is 7.60 Å². The monoisotopic (exact) mass is 561 g/mol. The summed E-state index contributed by atoms with van der Waals surface area (Å²) in [5.74, 6) is -2.85. The first kappa shape index (κ1) is 32.2. The molecule has 0 spiro atoms. The van der Waals surface area contributed by atoms with Crippen molar-refractivity contribution in [2.75, 3.05) is 6.61 Å². The molecule has 0 saturated carbocycles. The fraction of sp³-hybridized carbons (Fsp3) is 0.483. The van der Waals surface area contributed by atoms with Crippen LogP contribution in [0.3, 0.4) is 0 Å². The van der Waals surface area contributed by atoms with Crippen molar-refractivity contribution < 1.29 is 37.8 Å². The Balaban J connectivity index is 2.01. The van der Waals surface area contributed by atoms with E-state index in [0.29, 0.717) is 32.3 Å². The molecule has 10 heteroatoms. The van der Waals surface area contributed by atoms with Crippen molar-refractivity contribution in [3.05, 3.63) is 71.8 Å². The van der Waals surface area contributed by atoms with E-state index in [2.05, 4.69) is 5.32 Å². The summed E-state index contributed by atoms with van der Waals surface area (Å²) in [4.78, 5) is 35.8. The fourth-order valence-electron chi connectivity index (χ4n) is 3.66. The van der Waals surface area contributed by atoms with E-state index in [9.17, 15) is 24.1 Å². The first-order valence-electron chi connectivity index (χ1n) is 13.5. The average Bonchev–Trinajstić information content (AvgIpc) is 2.94. The smallest absolute Gasteiger partial charge is 0.353 e. The molecule has 0 unspecified atom stereocenters. The van der Waals surface area contributed by atoms with Crippen LogP contribution in [-0.4, -0.2) is 35.3 Å². The van der Waals surface area contributed by atoms with E-state index in [4.69, 9.17) is 13.8 Å². The molecule has 0 fully saturated rings. The quantitative estimate of drug-likeness (QED) is 0.111. The second kappa shape index (κ2) is 18.3. The normalized spacial score (nSPS) is 12.0. The van der Waals surface area contributed by atoms with Gasteiger partial charge in [-0.3, -0.25) is 18.9 Å². The molecule has 2 rings (SSSR count). The maximum Gasteiger partial charge on any atom is 0.353 e. The standard InChI is InChI=1S/C29H40NO8P/c1-2-3-21-36-29(34)18-12-6-11-17-26(31)30-27(19-20-28(32)33)39(35,37-22-24-13-7-4-8-14-24)38-23-25-15-9-5-10-16-25/h4-5,7-10,13-16,27H,2-3,6,11-12,17-23H2,1H3,(H,30,31)(H,32,33)/t27-/m1/s1. The van der Waals surface area contributed by atoms with Crippen LogP contribution in [0.15, 0.2) is 60.7 Å². The highest BCUT2D eigenvalue weighted by Gasteiger charge is 2.37. The Kier molecular flexibility index (Phi) is 15.1. The third kappa shape index (κ3) is 13.6. The van der Waals surface area contributed by atoms with Crippen molar-refractivity contribution in [3.63, 3.8) is 0 Å². The van der Waals surface area contributed by atoms with Gasteiger partial charge in [0.25, 0.3) is 0 Å². The largest absolute Gasteiger partial charge is 0.481 e. The van der Waals surface area contributed by atoms with Crippen LogP contribution in [-0.2, 0) is 45.9 Å². The second-order valence-electron chi connectivity index (χ2n) is 9.21. The van der Waals surface area contributed by atoms with Crippen LogP contribution in [0.4, 0.5) is 0 Å². The Hall–Kier alpha value is -3.00. The van der Waals surface area contributed by atoms with E-state index < -0.39 is 19.3 Å². The van der Waals surface area contributed by atoms with E-state index in [0.717, 1.165) is 24.0 Å². The van der Waals surface area contributed by atoms with Gasteiger partial charge in [0, 0.05) is 19.3 Å². The van der Waals surface area contributed by atoms with Crippen molar-refractivity contribution in [2.45, 2.75) is 83.7 Å². The molecular weight excluding hydrogens is 521 g/mol. The number of carbonyl (C=O) groups is 3. The highest BCUT2D eigenvalue weighted by Crippen LogP contribution is 2.55. The summed E-state index contributed by atoms with van der Waals surface area (Å²) < 4.78 is 30.8. The van der Waals surface area contributed by atoms with Gasteiger partial charge in [-0.05, 0) is 36.8 Å². The van der Waals surface area contributed by atoms with Crippen molar-refractivity contribution in [1.29, 1.82) is 0 Å². The van der Waals surface area contributed by atoms with Gasteiger partial charge in [0.05, 0.1) is 19.8 Å². The number of nitrogens with one attached hydrogen (secondary N) is 1. The fourth-order valence-corrected chi connectivity index (χ4v) is 5.50. The van der Waals surface area contributed by atoms with Crippen LogP contribution in [0.1, 0.15) is 75.8 Å². The van der Waals surface area contributed by atoms with E-state index >= 15 is 0 Å². The molecule has 0 heterocycles. The van der Waals surface area contributed by atoms with Gasteiger partial charge in [-0.25, -0.2) is 0 Å². The molecule has 0 aromatic heterocycles. The molecule has 0 radical (unpaired) electrons. The topological polar surface area (TPSA) is 128 Å². The Morgan fingerprint density at radius 2 is 1.38 bits per heavy atom. The number of rotatable bonds is 20. The van der Waals surface area contributed by atoms with Crippen LogP contribution in [0.5, 0.6) is 0 Å².